The maximum atomic E-state index is 11.9. The number of carbonyl (C=O) groups is 2. The van der Waals surface area contributed by atoms with Crippen molar-refractivity contribution in [1.82, 2.24) is 10.0 Å². The van der Waals surface area contributed by atoms with Crippen LogP contribution >= 0.6 is 11.6 Å². The lowest BCUT2D eigenvalue weighted by molar-refractivity contribution is -0.149. The number of unbranched alkanes of at least 4 members (excludes halogenated alkanes) is 1. The van der Waals surface area contributed by atoms with Crippen LogP contribution in [0, 0.1) is 0 Å². The maximum Gasteiger partial charge on any atom is 0.324 e. The van der Waals surface area contributed by atoms with Crippen molar-refractivity contribution in [2.45, 2.75) is 45.7 Å². The molecule has 0 aliphatic rings. The van der Waals surface area contributed by atoms with Gasteiger partial charge in [-0.2, -0.15) is 0 Å². The molecule has 9 heteroatoms. The Morgan fingerprint density at radius 1 is 1.27 bits per heavy atom. The average Bonchev–Trinajstić information content (AvgIpc) is 2.57. The van der Waals surface area contributed by atoms with E-state index in [4.69, 9.17) is 16.3 Å². The molecule has 146 valence electrons. The Kier molecular flexibility index (Phi) is 9.04. The van der Waals surface area contributed by atoms with Crippen LogP contribution in [0.25, 0.3) is 0 Å². The SMILES string of the molecule is CCCCS(=O)(=O)N[C@@H](C)C(=O)OCC(=O)N[C@H](C)c1cccc(Cl)c1. The van der Waals surface area contributed by atoms with Crippen LogP contribution in [0.15, 0.2) is 24.3 Å². The van der Waals surface area contributed by atoms with Crippen LogP contribution in [0.4, 0.5) is 0 Å². The van der Waals surface area contributed by atoms with Gasteiger partial charge >= 0.3 is 5.97 Å². The van der Waals surface area contributed by atoms with E-state index in [1.807, 2.05) is 13.0 Å². The fourth-order valence-electron chi connectivity index (χ4n) is 2.11. The van der Waals surface area contributed by atoms with Crippen molar-refractivity contribution >= 4 is 33.5 Å². The normalized spacial score (nSPS) is 13.7. The number of hydrogen-bond acceptors (Lipinski definition) is 5. The monoisotopic (exact) mass is 404 g/mol. The number of carbonyl (C=O) groups excluding carboxylic acids is 2. The molecule has 0 radical (unpaired) electrons. The van der Waals surface area contributed by atoms with Gasteiger partial charge in [0.2, 0.25) is 10.0 Å². The second-order valence-electron chi connectivity index (χ2n) is 5.96. The molecule has 7 nitrogen and oxygen atoms in total. The Morgan fingerprint density at radius 3 is 2.58 bits per heavy atom. The number of rotatable bonds is 10. The quantitative estimate of drug-likeness (QED) is 0.582. The third-order valence-corrected chi connectivity index (χ3v) is 5.32. The largest absolute Gasteiger partial charge is 0.454 e. The Labute approximate surface area is 159 Å². The molecule has 0 spiro atoms. The highest BCUT2D eigenvalue weighted by Gasteiger charge is 2.22. The third-order valence-electron chi connectivity index (χ3n) is 3.55. The van der Waals surface area contributed by atoms with Crippen molar-refractivity contribution in [2.24, 2.45) is 0 Å². The first-order valence-electron chi connectivity index (χ1n) is 8.36. The van der Waals surface area contributed by atoms with Crippen molar-refractivity contribution in [3.05, 3.63) is 34.9 Å². The second-order valence-corrected chi connectivity index (χ2v) is 8.27. The van der Waals surface area contributed by atoms with Gasteiger partial charge in [0.05, 0.1) is 11.8 Å². The average molecular weight is 405 g/mol. The molecule has 0 aliphatic heterocycles. The van der Waals surface area contributed by atoms with Gasteiger partial charge in [-0.25, -0.2) is 13.1 Å². The van der Waals surface area contributed by atoms with Crippen molar-refractivity contribution < 1.29 is 22.7 Å². The summed E-state index contributed by atoms with van der Waals surface area (Å²) in [5.41, 5.74) is 0.814. The fourth-order valence-corrected chi connectivity index (χ4v) is 3.74. The summed E-state index contributed by atoms with van der Waals surface area (Å²) in [6, 6.07) is 5.67. The van der Waals surface area contributed by atoms with Crippen molar-refractivity contribution in [2.75, 3.05) is 12.4 Å². The van der Waals surface area contributed by atoms with Crippen LogP contribution in [0.5, 0.6) is 0 Å². The van der Waals surface area contributed by atoms with Crippen LogP contribution in [-0.2, 0) is 24.3 Å². The molecule has 26 heavy (non-hydrogen) atoms. The zero-order valence-electron chi connectivity index (χ0n) is 15.1. The van der Waals surface area contributed by atoms with E-state index in [1.165, 1.54) is 6.92 Å². The van der Waals surface area contributed by atoms with Gasteiger partial charge in [0.15, 0.2) is 6.61 Å². The predicted octanol–water partition coefficient (Wildman–Crippen LogP) is 2.17. The molecule has 0 heterocycles. The van der Waals surface area contributed by atoms with Crippen LogP contribution in [0.1, 0.15) is 45.2 Å². The molecule has 1 aromatic carbocycles. The molecule has 1 aromatic rings. The van der Waals surface area contributed by atoms with E-state index in [0.717, 1.165) is 12.0 Å². The number of amides is 1. The number of benzene rings is 1. The van der Waals surface area contributed by atoms with E-state index < -0.39 is 34.5 Å². The summed E-state index contributed by atoms with van der Waals surface area (Å²) < 4.78 is 30.6. The minimum absolute atomic E-state index is 0.0568. The van der Waals surface area contributed by atoms with E-state index in [9.17, 15) is 18.0 Å². The Bertz CT molecular complexity index is 724. The van der Waals surface area contributed by atoms with E-state index in [2.05, 4.69) is 10.0 Å². The number of nitrogens with one attached hydrogen (secondary N) is 2. The Hall–Kier alpha value is -1.64. The minimum Gasteiger partial charge on any atom is -0.454 e. The summed E-state index contributed by atoms with van der Waals surface area (Å²) in [7, 11) is -3.55. The first-order valence-corrected chi connectivity index (χ1v) is 10.4. The van der Waals surface area contributed by atoms with Gasteiger partial charge in [0.25, 0.3) is 5.91 Å². The maximum absolute atomic E-state index is 11.9. The summed E-state index contributed by atoms with van der Waals surface area (Å²) in [5, 5.41) is 3.24. The Morgan fingerprint density at radius 2 is 1.96 bits per heavy atom. The lowest BCUT2D eigenvalue weighted by atomic mass is 10.1. The Balaban J connectivity index is 2.44. The first-order chi connectivity index (χ1) is 12.1. The predicted molar refractivity (Wildman–Crippen MR) is 100 cm³/mol. The van der Waals surface area contributed by atoms with Gasteiger partial charge in [0.1, 0.15) is 6.04 Å². The van der Waals surface area contributed by atoms with Gasteiger partial charge in [-0.15, -0.1) is 0 Å². The fraction of sp³-hybridized carbons (Fsp3) is 0.529. The summed E-state index contributed by atoms with van der Waals surface area (Å²) in [5.74, 6) is -1.36. The molecule has 0 saturated carbocycles. The molecule has 2 atom stereocenters. The topological polar surface area (TPSA) is 102 Å². The van der Waals surface area contributed by atoms with E-state index in [-0.39, 0.29) is 11.8 Å². The van der Waals surface area contributed by atoms with Crippen LogP contribution < -0.4 is 10.0 Å². The highest BCUT2D eigenvalue weighted by atomic mass is 35.5. The van der Waals surface area contributed by atoms with E-state index >= 15 is 0 Å². The minimum atomic E-state index is -3.55. The number of hydrogen-bond donors (Lipinski definition) is 2. The van der Waals surface area contributed by atoms with Crippen molar-refractivity contribution in [1.29, 1.82) is 0 Å². The number of esters is 1. The van der Waals surface area contributed by atoms with Crippen LogP contribution in [0.3, 0.4) is 0 Å². The zero-order valence-corrected chi connectivity index (χ0v) is 16.7. The molecule has 0 unspecified atom stereocenters. The van der Waals surface area contributed by atoms with Crippen molar-refractivity contribution in [3.8, 4) is 0 Å². The van der Waals surface area contributed by atoms with Crippen LogP contribution in [-0.4, -0.2) is 38.7 Å². The van der Waals surface area contributed by atoms with Gasteiger partial charge in [0, 0.05) is 5.02 Å². The summed E-state index contributed by atoms with van der Waals surface area (Å²) in [6.07, 6.45) is 1.23. The smallest absolute Gasteiger partial charge is 0.324 e. The lowest BCUT2D eigenvalue weighted by Gasteiger charge is -2.16. The zero-order chi connectivity index (χ0) is 19.7. The molecule has 1 rings (SSSR count). The second kappa shape index (κ2) is 10.5. The highest BCUT2D eigenvalue weighted by molar-refractivity contribution is 7.89. The van der Waals surface area contributed by atoms with Crippen molar-refractivity contribution in [3.63, 3.8) is 0 Å². The molecule has 2 N–H and O–H groups in total. The van der Waals surface area contributed by atoms with E-state index in [0.29, 0.717) is 11.4 Å². The number of halogens is 1. The lowest BCUT2D eigenvalue weighted by Crippen LogP contribution is -2.42. The molecule has 0 bridgehead atoms. The molecule has 0 fully saturated rings. The van der Waals surface area contributed by atoms with Crippen LogP contribution in [0.2, 0.25) is 5.02 Å². The summed E-state index contributed by atoms with van der Waals surface area (Å²) >= 11 is 5.91. The standard InChI is InChI=1S/C17H25ClN2O5S/c1-4-5-9-26(23,24)20-13(3)17(22)25-11-16(21)19-12(2)14-7-6-8-15(18)10-14/h6-8,10,12-13,20H,4-5,9,11H2,1-3H3,(H,19,21)/t12-,13+/m1/s1. The first kappa shape index (κ1) is 22.4. The third kappa shape index (κ3) is 8.16. The van der Waals surface area contributed by atoms with Gasteiger partial charge in [-0.1, -0.05) is 37.1 Å². The van der Waals surface area contributed by atoms with Gasteiger partial charge in [-0.05, 0) is 38.0 Å². The van der Waals surface area contributed by atoms with Gasteiger partial charge in [-0.3, -0.25) is 9.59 Å². The van der Waals surface area contributed by atoms with E-state index in [1.54, 1.807) is 25.1 Å². The molecule has 1 amide bonds. The molecule has 0 aliphatic carbocycles. The van der Waals surface area contributed by atoms with Gasteiger partial charge < -0.3 is 10.1 Å². The molecular weight excluding hydrogens is 380 g/mol. The number of sulfonamides is 1. The molecule has 0 saturated heterocycles. The molecule has 0 aromatic heterocycles. The summed E-state index contributed by atoms with van der Waals surface area (Å²) in [4.78, 5) is 23.8. The molecular formula is C17H25ClN2O5S. The number of ether oxygens (including phenoxy) is 1. The highest BCUT2D eigenvalue weighted by Crippen LogP contribution is 2.17. The summed E-state index contributed by atoms with van der Waals surface area (Å²) in [6.45, 7) is 4.52.